The molecule has 0 unspecified atom stereocenters. The summed E-state index contributed by atoms with van der Waals surface area (Å²) in [6.07, 6.45) is 0. The molecule has 242 valence electrons. The molecule has 12 heteroatoms. The largest absolute Gasteiger partial charge is 0.480 e. The minimum atomic E-state index is -1.25. The monoisotopic (exact) mass is 647 g/mol. The number of rotatable bonds is 10. The molecule has 3 aromatic carbocycles. The van der Waals surface area contributed by atoms with E-state index < -0.39 is 64.6 Å². The number of benzene rings is 3. The van der Waals surface area contributed by atoms with Crippen LogP contribution in [0.4, 0.5) is 10.5 Å². The molecule has 3 N–H and O–H groups in total. The molecule has 1 aliphatic rings. The fraction of sp³-hybridized carbons (Fsp3) is 0.324. The maximum absolute atomic E-state index is 13.6. The van der Waals surface area contributed by atoms with E-state index in [2.05, 4.69) is 10.6 Å². The first kappa shape index (κ1) is 34.0. The Balaban J connectivity index is 1.43. The van der Waals surface area contributed by atoms with Crippen molar-refractivity contribution >= 4 is 47.3 Å². The van der Waals surface area contributed by atoms with Crippen molar-refractivity contribution in [3.63, 3.8) is 0 Å². The number of carboxylic acid groups (broad SMARTS) is 1. The van der Waals surface area contributed by atoms with Crippen molar-refractivity contribution in [3.05, 3.63) is 102 Å². The molecule has 1 saturated heterocycles. The minimum absolute atomic E-state index is 0.140. The number of carbonyl (C=O) groups excluding carboxylic acids is 4. The number of hydrogen-bond donors (Lipinski definition) is 3. The van der Waals surface area contributed by atoms with E-state index in [0.717, 1.165) is 17.3 Å². The Bertz CT molecular complexity index is 1560. The number of nitrogens with one attached hydrogen (secondary N) is 2. The van der Waals surface area contributed by atoms with Crippen LogP contribution in [0, 0.1) is 0 Å². The summed E-state index contributed by atoms with van der Waals surface area (Å²) < 4.78 is 11.0. The van der Waals surface area contributed by atoms with Gasteiger partial charge in [0.15, 0.2) is 5.37 Å². The molecule has 0 radical (unpaired) electrons. The van der Waals surface area contributed by atoms with Gasteiger partial charge in [-0.25, -0.2) is 9.59 Å². The molecule has 1 aliphatic heterocycles. The number of anilines is 1. The highest BCUT2D eigenvalue weighted by atomic mass is 32.2. The second-order valence-electron chi connectivity index (χ2n) is 11.7. The zero-order valence-corrected chi connectivity index (χ0v) is 26.8. The standard InChI is InChI=1S/C34H37N3O8S/c1-21(31(41)44-20-22-12-7-5-8-13-22)24-16-11-17-25(18-24)36-33(43)35-19-26(38)37-27(23-14-9-6-10-15-23)28(30(39)40)46-29(37)32(42)45-34(2,3)4/h5-18,21,27-29H,19-20H2,1-4H3,(H,39,40)(H2,35,36,43)/t21-,27-,28+,29-/m0/s1. The first-order chi connectivity index (χ1) is 21.8. The van der Waals surface area contributed by atoms with Crippen LogP contribution in [0.2, 0.25) is 0 Å². The van der Waals surface area contributed by atoms with E-state index in [9.17, 15) is 29.1 Å². The number of ether oxygens (including phenoxy) is 2. The molecule has 3 amide bonds. The molecule has 3 aromatic rings. The van der Waals surface area contributed by atoms with E-state index >= 15 is 0 Å². The second-order valence-corrected chi connectivity index (χ2v) is 12.9. The molecule has 0 spiro atoms. The molecule has 0 aliphatic carbocycles. The van der Waals surface area contributed by atoms with E-state index in [4.69, 9.17) is 9.47 Å². The summed E-state index contributed by atoms with van der Waals surface area (Å²) in [7, 11) is 0. The average Bonchev–Trinajstić information content (AvgIpc) is 3.44. The Morgan fingerprint density at radius 1 is 0.935 bits per heavy atom. The van der Waals surface area contributed by atoms with Crippen LogP contribution in [0.15, 0.2) is 84.9 Å². The molecule has 0 aromatic heterocycles. The van der Waals surface area contributed by atoms with Gasteiger partial charge in [0.05, 0.1) is 18.5 Å². The van der Waals surface area contributed by atoms with Gasteiger partial charge in [-0.3, -0.25) is 14.4 Å². The first-order valence-electron chi connectivity index (χ1n) is 14.7. The predicted octanol–water partition coefficient (Wildman–Crippen LogP) is 5.09. The highest BCUT2D eigenvalue weighted by molar-refractivity contribution is 8.02. The number of thioether (sulfide) groups is 1. The van der Waals surface area contributed by atoms with Crippen LogP contribution < -0.4 is 10.6 Å². The quantitative estimate of drug-likeness (QED) is 0.256. The lowest BCUT2D eigenvalue weighted by atomic mass is 10.0. The summed E-state index contributed by atoms with van der Waals surface area (Å²) in [6.45, 7) is 6.35. The SMILES string of the molecule is C[C@H](C(=O)OCc1ccccc1)c1cccc(NC(=O)NCC(=O)N2[C@H](C(=O)OC(C)(C)C)S[C@@H](C(=O)O)[C@@H]2c2ccccc2)c1. The van der Waals surface area contributed by atoms with Crippen LogP contribution in [-0.4, -0.2) is 62.6 Å². The third kappa shape index (κ3) is 8.87. The Morgan fingerprint density at radius 3 is 2.22 bits per heavy atom. The summed E-state index contributed by atoms with van der Waals surface area (Å²) in [5, 5.41) is 12.8. The summed E-state index contributed by atoms with van der Waals surface area (Å²) in [4.78, 5) is 65.8. The van der Waals surface area contributed by atoms with Gasteiger partial charge in [-0.05, 0) is 56.5 Å². The van der Waals surface area contributed by atoms with Crippen LogP contribution >= 0.6 is 11.8 Å². The lowest BCUT2D eigenvalue weighted by Crippen LogP contribution is -2.48. The maximum atomic E-state index is 13.6. The van der Waals surface area contributed by atoms with Gasteiger partial charge in [-0.1, -0.05) is 72.8 Å². The number of amides is 3. The van der Waals surface area contributed by atoms with Gasteiger partial charge in [0.1, 0.15) is 17.5 Å². The van der Waals surface area contributed by atoms with Crippen LogP contribution in [0.25, 0.3) is 0 Å². The molecule has 46 heavy (non-hydrogen) atoms. The highest BCUT2D eigenvalue weighted by Crippen LogP contribution is 2.45. The van der Waals surface area contributed by atoms with Crippen molar-refractivity contribution < 1.29 is 38.6 Å². The zero-order chi connectivity index (χ0) is 33.4. The number of esters is 2. The Labute approximate surface area is 271 Å². The predicted molar refractivity (Wildman–Crippen MR) is 173 cm³/mol. The van der Waals surface area contributed by atoms with Gasteiger partial charge in [0.25, 0.3) is 0 Å². The molecule has 1 fully saturated rings. The molecular weight excluding hydrogens is 610 g/mol. The van der Waals surface area contributed by atoms with E-state index in [1.54, 1.807) is 82.3 Å². The number of urea groups is 1. The van der Waals surface area contributed by atoms with Crippen LogP contribution in [0.3, 0.4) is 0 Å². The smallest absolute Gasteiger partial charge is 0.340 e. The van der Waals surface area contributed by atoms with Crippen molar-refractivity contribution in [1.82, 2.24) is 10.2 Å². The maximum Gasteiger partial charge on any atom is 0.340 e. The molecule has 4 atom stereocenters. The van der Waals surface area contributed by atoms with Crippen molar-refractivity contribution in [2.75, 3.05) is 11.9 Å². The fourth-order valence-corrected chi connectivity index (χ4v) is 6.22. The molecular formula is C34H37N3O8S. The summed E-state index contributed by atoms with van der Waals surface area (Å²) in [6, 6.07) is 22.9. The number of carbonyl (C=O) groups is 5. The third-order valence-corrected chi connectivity index (χ3v) is 8.45. The molecule has 4 rings (SSSR count). The van der Waals surface area contributed by atoms with Crippen molar-refractivity contribution in [2.24, 2.45) is 0 Å². The van der Waals surface area contributed by atoms with Crippen LogP contribution in [-0.2, 0) is 35.3 Å². The summed E-state index contributed by atoms with van der Waals surface area (Å²) in [5.41, 5.74) is 1.51. The summed E-state index contributed by atoms with van der Waals surface area (Å²) in [5.74, 6) is -3.64. The lowest BCUT2D eigenvalue weighted by molar-refractivity contribution is -0.161. The molecule has 0 saturated carbocycles. The number of aliphatic carboxylic acids is 1. The zero-order valence-electron chi connectivity index (χ0n) is 26.0. The topological polar surface area (TPSA) is 151 Å². The van der Waals surface area contributed by atoms with E-state index in [-0.39, 0.29) is 6.61 Å². The number of carboxylic acids is 1. The Morgan fingerprint density at radius 2 is 1.59 bits per heavy atom. The van der Waals surface area contributed by atoms with Crippen LogP contribution in [0.1, 0.15) is 56.3 Å². The normalized spacial score (nSPS) is 18.3. The van der Waals surface area contributed by atoms with E-state index in [1.165, 1.54) is 4.90 Å². The minimum Gasteiger partial charge on any atom is -0.480 e. The van der Waals surface area contributed by atoms with Gasteiger partial charge < -0.3 is 30.1 Å². The second kappa shape index (κ2) is 15.0. The van der Waals surface area contributed by atoms with Gasteiger partial charge in [-0.15, -0.1) is 11.8 Å². The van der Waals surface area contributed by atoms with Crippen molar-refractivity contribution in [2.45, 2.75) is 62.5 Å². The van der Waals surface area contributed by atoms with Gasteiger partial charge >= 0.3 is 23.9 Å². The molecule has 11 nitrogen and oxygen atoms in total. The molecule has 1 heterocycles. The Kier molecular flexibility index (Phi) is 11.1. The van der Waals surface area contributed by atoms with E-state index in [0.29, 0.717) is 16.8 Å². The van der Waals surface area contributed by atoms with Crippen molar-refractivity contribution in [1.29, 1.82) is 0 Å². The fourth-order valence-electron chi connectivity index (χ4n) is 4.85. The molecule has 0 bridgehead atoms. The number of nitrogens with zero attached hydrogens (tertiary/aromatic N) is 1. The average molecular weight is 648 g/mol. The lowest BCUT2D eigenvalue weighted by Gasteiger charge is -2.31. The van der Waals surface area contributed by atoms with Gasteiger partial charge in [-0.2, -0.15) is 0 Å². The summed E-state index contributed by atoms with van der Waals surface area (Å²) >= 11 is 0.817. The van der Waals surface area contributed by atoms with E-state index in [1.807, 2.05) is 30.3 Å². The van der Waals surface area contributed by atoms with Gasteiger partial charge in [0, 0.05) is 5.69 Å². The van der Waals surface area contributed by atoms with Crippen molar-refractivity contribution in [3.8, 4) is 0 Å². The number of hydrogen-bond acceptors (Lipinski definition) is 8. The van der Waals surface area contributed by atoms with Gasteiger partial charge in [0.2, 0.25) is 5.91 Å². The third-order valence-electron chi connectivity index (χ3n) is 7.02. The highest BCUT2D eigenvalue weighted by Gasteiger charge is 2.52. The first-order valence-corrected chi connectivity index (χ1v) is 15.6. The Hall–Kier alpha value is -4.84. The van der Waals surface area contributed by atoms with Crippen LogP contribution in [0.5, 0.6) is 0 Å².